The average molecular weight is 280 g/mol. The van der Waals surface area contributed by atoms with Crippen LogP contribution in [0.15, 0.2) is 28.7 Å². The first kappa shape index (κ1) is 13.3. The standard InChI is InChI=1S/C14H18BrN/c1-3-4-5-10-16-12(2)11-13-6-8-14(15)9-7-13/h6-9,12,16H,5,10-11H2,1-2H3. The van der Waals surface area contributed by atoms with Crippen LogP contribution in [0, 0.1) is 11.8 Å². The second kappa shape index (κ2) is 7.49. The minimum atomic E-state index is 0.500. The highest BCUT2D eigenvalue weighted by Gasteiger charge is 2.01. The molecule has 0 spiro atoms. The third kappa shape index (κ3) is 5.34. The van der Waals surface area contributed by atoms with Gasteiger partial charge in [0.25, 0.3) is 0 Å². The number of hydrogen-bond donors (Lipinski definition) is 1. The zero-order chi connectivity index (χ0) is 11.8. The summed E-state index contributed by atoms with van der Waals surface area (Å²) in [6.45, 7) is 5.06. The van der Waals surface area contributed by atoms with E-state index < -0.39 is 0 Å². The quantitative estimate of drug-likeness (QED) is 0.644. The predicted octanol–water partition coefficient (Wildman–Crippen LogP) is 3.38. The summed E-state index contributed by atoms with van der Waals surface area (Å²) in [5, 5.41) is 3.47. The van der Waals surface area contributed by atoms with E-state index in [4.69, 9.17) is 0 Å². The van der Waals surface area contributed by atoms with E-state index >= 15 is 0 Å². The van der Waals surface area contributed by atoms with Gasteiger partial charge in [-0.15, -0.1) is 11.8 Å². The molecule has 1 nitrogen and oxygen atoms in total. The van der Waals surface area contributed by atoms with Crippen LogP contribution >= 0.6 is 15.9 Å². The lowest BCUT2D eigenvalue weighted by Gasteiger charge is -2.12. The zero-order valence-corrected chi connectivity index (χ0v) is 11.5. The number of hydrogen-bond acceptors (Lipinski definition) is 1. The van der Waals surface area contributed by atoms with E-state index in [-0.39, 0.29) is 0 Å². The smallest absolute Gasteiger partial charge is 0.0214 e. The molecule has 0 fully saturated rings. The van der Waals surface area contributed by atoms with Gasteiger partial charge >= 0.3 is 0 Å². The van der Waals surface area contributed by atoms with Gasteiger partial charge in [-0.3, -0.25) is 0 Å². The maximum atomic E-state index is 3.47. The maximum Gasteiger partial charge on any atom is 0.0214 e. The summed E-state index contributed by atoms with van der Waals surface area (Å²) in [7, 11) is 0. The van der Waals surface area contributed by atoms with Gasteiger partial charge in [-0.05, 0) is 38.0 Å². The zero-order valence-electron chi connectivity index (χ0n) is 9.89. The van der Waals surface area contributed by atoms with E-state index in [2.05, 4.69) is 64.3 Å². The molecule has 0 heterocycles. The Morgan fingerprint density at radius 1 is 1.31 bits per heavy atom. The molecule has 0 aliphatic carbocycles. The van der Waals surface area contributed by atoms with Crippen molar-refractivity contribution in [3.63, 3.8) is 0 Å². The van der Waals surface area contributed by atoms with Crippen molar-refractivity contribution >= 4 is 15.9 Å². The van der Waals surface area contributed by atoms with Crippen LogP contribution in [0.5, 0.6) is 0 Å². The minimum absolute atomic E-state index is 0.500. The Balaban J connectivity index is 2.30. The van der Waals surface area contributed by atoms with Crippen molar-refractivity contribution < 1.29 is 0 Å². The molecular weight excluding hydrogens is 262 g/mol. The van der Waals surface area contributed by atoms with Gasteiger partial charge in [-0.25, -0.2) is 0 Å². The van der Waals surface area contributed by atoms with Gasteiger partial charge in [0.15, 0.2) is 0 Å². The molecule has 1 aromatic carbocycles. The third-order valence-corrected chi connectivity index (χ3v) is 2.90. The molecule has 1 aromatic rings. The molecule has 0 aliphatic rings. The topological polar surface area (TPSA) is 12.0 Å². The van der Waals surface area contributed by atoms with Crippen LogP contribution in [0.2, 0.25) is 0 Å². The van der Waals surface area contributed by atoms with Crippen LogP contribution in [0.25, 0.3) is 0 Å². The molecule has 1 N–H and O–H groups in total. The summed E-state index contributed by atoms with van der Waals surface area (Å²) < 4.78 is 1.13. The number of benzene rings is 1. The SMILES string of the molecule is CC#CCCNC(C)Cc1ccc(Br)cc1. The van der Waals surface area contributed by atoms with Crippen molar-refractivity contribution in [2.24, 2.45) is 0 Å². The number of halogens is 1. The largest absolute Gasteiger partial charge is 0.313 e. The number of rotatable bonds is 5. The van der Waals surface area contributed by atoms with Crippen molar-refractivity contribution in [2.75, 3.05) is 6.54 Å². The molecule has 0 radical (unpaired) electrons. The van der Waals surface area contributed by atoms with Crippen LogP contribution in [0.1, 0.15) is 25.8 Å². The molecular formula is C14H18BrN. The lowest BCUT2D eigenvalue weighted by molar-refractivity contribution is 0.554. The van der Waals surface area contributed by atoms with Gasteiger partial charge in [0.1, 0.15) is 0 Å². The Labute approximate surface area is 107 Å². The van der Waals surface area contributed by atoms with E-state index in [9.17, 15) is 0 Å². The Morgan fingerprint density at radius 3 is 2.62 bits per heavy atom. The molecule has 0 bridgehead atoms. The van der Waals surface area contributed by atoms with Gasteiger partial charge in [0.05, 0.1) is 0 Å². The lowest BCUT2D eigenvalue weighted by Crippen LogP contribution is -2.28. The monoisotopic (exact) mass is 279 g/mol. The Morgan fingerprint density at radius 2 is 2.00 bits per heavy atom. The highest BCUT2D eigenvalue weighted by molar-refractivity contribution is 9.10. The molecule has 0 amide bonds. The van der Waals surface area contributed by atoms with E-state index in [0.29, 0.717) is 6.04 Å². The van der Waals surface area contributed by atoms with Gasteiger partial charge in [0, 0.05) is 23.5 Å². The van der Waals surface area contributed by atoms with Crippen molar-refractivity contribution in [3.05, 3.63) is 34.3 Å². The van der Waals surface area contributed by atoms with Crippen LogP contribution in [-0.2, 0) is 6.42 Å². The summed E-state index contributed by atoms with van der Waals surface area (Å²) in [5.41, 5.74) is 1.37. The van der Waals surface area contributed by atoms with Crippen LogP contribution in [-0.4, -0.2) is 12.6 Å². The molecule has 0 aromatic heterocycles. The first-order chi connectivity index (χ1) is 7.72. The van der Waals surface area contributed by atoms with Crippen molar-refractivity contribution in [2.45, 2.75) is 32.7 Å². The van der Waals surface area contributed by atoms with E-state index in [1.54, 1.807) is 0 Å². The minimum Gasteiger partial charge on any atom is -0.313 e. The number of nitrogens with one attached hydrogen (secondary N) is 1. The fraction of sp³-hybridized carbons (Fsp3) is 0.429. The molecule has 0 saturated carbocycles. The molecule has 0 saturated heterocycles. The molecule has 2 heteroatoms. The summed E-state index contributed by atoms with van der Waals surface area (Å²) in [4.78, 5) is 0. The van der Waals surface area contributed by atoms with Crippen LogP contribution < -0.4 is 5.32 Å². The van der Waals surface area contributed by atoms with Gasteiger partial charge in [-0.2, -0.15) is 0 Å². The molecule has 16 heavy (non-hydrogen) atoms. The molecule has 1 rings (SSSR count). The maximum absolute atomic E-state index is 3.47. The van der Waals surface area contributed by atoms with Gasteiger partial charge in [0.2, 0.25) is 0 Å². The summed E-state index contributed by atoms with van der Waals surface area (Å²) in [6.07, 6.45) is 1.99. The second-order valence-corrected chi connectivity index (χ2v) is 4.78. The van der Waals surface area contributed by atoms with Gasteiger partial charge < -0.3 is 5.32 Å². The molecule has 0 aliphatic heterocycles. The fourth-order valence-electron chi connectivity index (χ4n) is 1.55. The van der Waals surface area contributed by atoms with Crippen LogP contribution in [0.3, 0.4) is 0 Å². The van der Waals surface area contributed by atoms with E-state index in [0.717, 1.165) is 23.9 Å². The van der Waals surface area contributed by atoms with Crippen LogP contribution in [0.4, 0.5) is 0 Å². The molecule has 86 valence electrons. The molecule has 1 unspecified atom stereocenters. The summed E-state index contributed by atoms with van der Waals surface area (Å²) >= 11 is 3.44. The summed E-state index contributed by atoms with van der Waals surface area (Å²) in [5.74, 6) is 5.96. The predicted molar refractivity (Wildman–Crippen MR) is 73.4 cm³/mol. The molecule has 1 atom stereocenters. The second-order valence-electron chi connectivity index (χ2n) is 3.86. The lowest BCUT2D eigenvalue weighted by atomic mass is 10.1. The third-order valence-electron chi connectivity index (χ3n) is 2.37. The van der Waals surface area contributed by atoms with E-state index in [1.807, 2.05) is 6.92 Å². The fourth-order valence-corrected chi connectivity index (χ4v) is 1.82. The summed E-state index contributed by atoms with van der Waals surface area (Å²) in [6, 6.07) is 9.00. The average Bonchev–Trinajstić information content (AvgIpc) is 2.28. The van der Waals surface area contributed by atoms with Crippen molar-refractivity contribution in [1.82, 2.24) is 5.32 Å². The van der Waals surface area contributed by atoms with Gasteiger partial charge in [-0.1, -0.05) is 28.1 Å². The Bertz CT molecular complexity index is 359. The van der Waals surface area contributed by atoms with Crippen molar-refractivity contribution in [3.8, 4) is 11.8 Å². The first-order valence-electron chi connectivity index (χ1n) is 5.60. The Kier molecular flexibility index (Phi) is 6.22. The highest BCUT2D eigenvalue weighted by Crippen LogP contribution is 2.11. The Hall–Kier alpha value is -0.780. The van der Waals surface area contributed by atoms with E-state index in [1.165, 1.54) is 5.56 Å². The first-order valence-corrected chi connectivity index (χ1v) is 6.39. The normalized spacial score (nSPS) is 11.7. The highest BCUT2D eigenvalue weighted by atomic mass is 79.9. The van der Waals surface area contributed by atoms with Crippen molar-refractivity contribution in [1.29, 1.82) is 0 Å².